The second-order valence-electron chi connectivity index (χ2n) is 6.93. The van der Waals surface area contributed by atoms with Gasteiger partial charge in [0.2, 0.25) is 11.8 Å². The van der Waals surface area contributed by atoms with E-state index in [1.54, 1.807) is 24.4 Å². The molecule has 1 aliphatic carbocycles. The summed E-state index contributed by atoms with van der Waals surface area (Å²) in [5.74, 6) is 0.342. The number of nitrogens with one attached hydrogen (secondary N) is 3. The summed E-state index contributed by atoms with van der Waals surface area (Å²) >= 11 is 3.13. The van der Waals surface area contributed by atoms with E-state index in [4.69, 9.17) is 10.5 Å². The van der Waals surface area contributed by atoms with Gasteiger partial charge in [-0.25, -0.2) is 4.98 Å². The number of carbonyl (C=O) groups excluding carboxylic acids is 1. The fraction of sp³-hybridized carbons (Fsp3) is 0.350. The predicted octanol–water partition coefficient (Wildman–Crippen LogP) is 3.55. The van der Waals surface area contributed by atoms with E-state index < -0.39 is 6.04 Å². The van der Waals surface area contributed by atoms with Crippen LogP contribution in [-0.2, 0) is 9.53 Å². The highest BCUT2D eigenvalue weighted by Crippen LogP contribution is 2.35. The first-order chi connectivity index (χ1) is 14.6. The summed E-state index contributed by atoms with van der Waals surface area (Å²) in [6.45, 7) is 2.50. The van der Waals surface area contributed by atoms with E-state index in [9.17, 15) is 4.79 Å². The number of aromatic nitrogens is 1. The maximum Gasteiger partial charge on any atom is 0.247 e. The Morgan fingerprint density at radius 1 is 1.40 bits per heavy atom. The number of anilines is 2. The minimum absolute atomic E-state index is 0.0852. The average Bonchev–Trinajstić information content (AvgIpc) is 3.48. The molecular formula is C20H24N6O2S2. The van der Waals surface area contributed by atoms with Crippen molar-refractivity contribution in [3.8, 4) is 0 Å². The van der Waals surface area contributed by atoms with Gasteiger partial charge >= 0.3 is 0 Å². The number of amides is 1. The quantitative estimate of drug-likeness (QED) is 0.437. The van der Waals surface area contributed by atoms with Crippen molar-refractivity contribution >= 4 is 46.2 Å². The Morgan fingerprint density at radius 2 is 2.20 bits per heavy atom. The van der Waals surface area contributed by atoms with Crippen LogP contribution in [0.25, 0.3) is 0 Å². The zero-order chi connectivity index (χ0) is 20.9. The monoisotopic (exact) mass is 444 g/mol. The Hall–Kier alpha value is -2.56. The third-order valence-corrected chi connectivity index (χ3v) is 6.54. The summed E-state index contributed by atoms with van der Waals surface area (Å²) in [5.41, 5.74) is 8.35. The number of ether oxygens (including phenoxy) is 1. The van der Waals surface area contributed by atoms with Crippen LogP contribution < -0.4 is 21.1 Å². The molecule has 2 unspecified atom stereocenters. The Labute approximate surface area is 183 Å². The number of aliphatic imine (C=N–C) groups is 1. The Morgan fingerprint density at radius 3 is 2.93 bits per heavy atom. The van der Waals surface area contributed by atoms with Crippen molar-refractivity contribution < 1.29 is 9.53 Å². The number of hydrogen-bond acceptors (Lipinski definition) is 9. The molecule has 8 nitrogen and oxygen atoms in total. The van der Waals surface area contributed by atoms with Gasteiger partial charge in [-0.3, -0.25) is 9.79 Å². The van der Waals surface area contributed by atoms with E-state index in [2.05, 4.69) is 25.3 Å². The topological polar surface area (TPSA) is 114 Å². The highest BCUT2D eigenvalue weighted by molar-refractivity contribution is 8.01. The number of nitrogens with zero attached hydrogens (tertiary/aromatic N) is 2. The van der Waals surface area contributed by atoms with Crippen molar-refractivity contribution in [3.63, 3.8) is 0 Å². The van der Waals surface area contributed by atoms with Crippen molar-refractivity contribution in [2.75, 3.05) is 16.6 Å². The number of benzene rings is 1. The molecule has 0 bridgehead atoms. The highest BCUT2D eigenvalue weighted by atomic mass is 32.2. The van der Waals surface area contributed by atoms with Gasteiger partial charge in [-0.05, 0) is 49.4 Å². The highest BCUT2D eigenvalue weighted by Gasteiger charge is 2.24. The van der Waals surface area contributed by atoms with Crippen LogP contribution in [0.3, 0.4) is 0 Å². The van der Waals surface area contributed by atoms with Gasteiger partial charge in [0.1, 0.15) is 6.04 Å². The standard InChI is InChI=1S/C20H24N6O2S2/c1-2-28-17-10-22-9-15(24-17)12-3-5-13(6-4-12)23-19(27)18(21)16-11-29-20(25-16)26-30-14-7-8-14/h3-6,9-11,14-15,18,24H,2,7-8,21H2,1H3,(H,23,27)(H,25,26). The summed E-state index contributed by atoms with van der Waals surface area (Å²) < 4.78 is 8.69. The molecule has 4 rings (SSSR count). The van der Waals surface area contributed by atoms with Crippen LogP contribution in [-0.4, -0.2) is 29.0 Å². The normalized spacial score (nSPS) is 18.9. The molecular weight excluding hydrogens is 420 g/mol. The molecule has 30 heavy (non-hydrogen) atoms. The molecule has 10 heteroatoms. The van der Waals surface area contributed by atoms with E-state index in [1.807, 2.05) is 36.6 Å². The van der Waals surface area contributed by atoms with Crippen LogP contribution in [0.1, 0.15) is 43.1 Å². The smallest absolute Gasteiger partial charge is 0.247 e. The van der Waals surface area contributed by atoms with Gasteiger partial charge < -0.3 is 25.8 Å². The maximum atomic E-state index is 12.5. The van der Waals surface area contributed by atoms with Gasteiger partial charge in [0.05, 0.1) is 24.5 Å². The van der Waals surface area contributed by atoms with E-state index in [-0.39, 0.29) is 11.9 Å². The van der Waals surface area contributed by atoms with Crippen LogP contribution >= 0.6 is 23.3 Å². The predicted molar refractivity (Wildman–Crippen MR) is 122 cm³/mol. The van der Waals surface area contributed by atoms with Crippen LogP contribution in [0.5, 0.6) is 0 Å². The van der Waals surface area contributed by atoms with E-state index >= 15 is 0 Å². The molecule has 1 aromatic carbocycles. The van der Waals surface area contributed by atoms with Gasteiger partial charge in [0, 0.05) is 22.5 Å². The number of carbonyl (C=O) groups is 1. The van der Waals surface area contributed by atoms with E-state index in [0.717, 1.165) is 10.7 Å². The molecule has 2 atom stereocenters. The van der Waals surface area contributed by atoms with Crippen molar-refractivity contribution in [1.29, 1.82) is 0 Å². The first kappa shape index (κ1) is 20.7. The molecule has 1 aliphatic heterocycles. The molecule has 1 amide bonds. The molecule has 1 aromatic heterocycles. The fourth-order valence-electron chi connectivity index (χ4n) is 2.75. The molecule has 0 saturated heterocycles. The fourth-order valence-corrected chi connectivity index (χ4v) is 4.36. The molecule has 1 saturated carbocycles. The minimum atomic E-state index is -0.826. The van der Waals surface area contributed by atoms with Gasteiger partial charge in [-0.15, -0.1) is 11.3 Å². The number of hydrogen-bond donors (Lipinski definition) is 4. The summed E-state index contributed by atoms with van der Waals surface area (Å²) in [6.07, 6.45) is 5.94. The van der Waals surface area contributed by atoms with E-state index in [1.165, 1.54) is 24.2 Å². The average molecular weight is 445 g/mol. The summed E-state index contributed by atoms with van der Waals surface area (Å²) in [5, 5.41) is 9.39. The lowest BCUT2D eigenvalue weighted by atomic mass is 10.1. The lowest BCUT2D eigenvalue weighted by molar-refractivity contribution is -0.117. The summed E-state index contributed by atoms with van der Waals surface area (Å²) in [4.78, 5) is 21.2. The first-order valence-corrected chi connectivity index (χ1v) is 11.5. The third-order valence-electron chi connectivity index (χ3n) is 4.52. The second kappa shape index (κ2) is 9.50. The van der Waals surface area contributed by atoms with Gasteiger partial charge in [-0.1, -0.05) is 12.1 Å². The van der Waals surface area contributed by atoms with Crippen LogP contribution in [0.15, 0.2) is 46.7 Å². The molecule has 0 spiro atoms. The van der Waals surface area contributed by atoms with E-state index in [0.29, 0.717) is 29.1 Å². The summed E-state index contributed by atoms with van der Waals surface area (Å²) in [6, 6.07) is 6.63. The minimum Gasteiger partial charge on any atom is -0.478 e. The zero-order valence-corrected chi connectivity index (χ0v) is 18.1. The molecule has 158 valence electrons. The van der Waals surface area contributed by atoms with Crippen LogP contribution in [0.2, 0.25) is 0 Å². The zero-order valence-electron chi connectivity index (χ0n) is 16.5. The van der Waals surface area contributed by atoms with Crippen LogP contribution in [0, 0.1) is 0 Å². The third kappa shape index (κ3) is 5.32. The maximum absolute atomic E-state index is 12.5. The Bertz CT molecular complexity index is 939. The van der Waals surface area contributed by atoms with Gasteiger partial charge in [0.25, 0.3) is 0 Å². The molecule has 5 N–H and O–H groups in total. The van der Waals surface area contributed by atoms with Crippen LogP contribution in [0.4, 0.5) is 10.8 Å². The van der Waals surface area contributed by atoms with Crippen molar-refractivity contribution in [2.24, 2.45) is 10.7 Å². The molecule has 2 heterocycles. The Balaban J connectivity index is 1.32. The van der Waals surface area contributed by atoms with Crippen molar-refractivity contribution in [2.45, 2.75) is 37.1 Å². The lowest BCUT2D eigenvalue weighted by Gasteiger charge is -2.21. The van der Waals surface area contributed by atoms with Crippen molar-refractivity contribution in [3.05, 3.63) is 53.0 Å². The molecule has 0 radical (unpaired) electrons. The first-order valence-electron chi connectivity index (χ1n) is 9.78. The second-order valence-corrected chi connectivity index (χ2v) is 8.90. The lowest BCUT2D eigenvalue weighted by Crippen LogP contribution is -2.28. The number of thiazole rings is 1. The largest absolute Gasteiger partial charge is 0.478 e. The SMILES string of the molecule is CCOC1=CN=CC(c2ccc(NC(=O)C(N)c3csc(NSC4CC4)n3)cc2)N1. The Kier molecular flexibility index (Phi) is 6.56. The number of nitrogens with two attached hydrogens (primary N) is 1. The van der Waals surface area contributed by atoms with Crippen molar-refractivity contribution in [1.82, 2.24) is 10.3 Å². The van der Waals surface area contributed by atoms with Gasteiger partial charge in [0.15, 0.2) is 5.13 Å². The summed E-state index contributed by atoms with van der Waals surface area (Å²) in [7, 11) is 0. The molecule has 2 aliphatic rings. The molecule has 1 fully saturated rings. The molecule has 2 aromatic rings. The number of rotatable bonds is 9. The van der Waals surface area contributed by atoms with Gasteiger partial charge in [-0.2, -0.15) is 0 Å².